The van der Waals surface area contributed by atoms with Gasteiger partial charge in [-0.15, -0.1) is 0 Å². The summed E-state index contributed by atoms with van der Waals surface area (Å²) in [7, 11) is -4.95. The van der Waals surface area contributed by atoms with Crippen LogP contribution < -0.4 is 10.4 Å². The van der Waals surface area contributed by atoms with Gasteiger partial charge in [-0.25, -0.2) is 8.78 Å². The Kier molecular flexibility index (Phi) is 5.10. The van der Waals surface area contributed by atoms with Gasteiger partial charge in [-0.2, -0.15) is 17.6 Å². The highest BCUT2D eigenvalue weighted by atomic mass is 28.3. The van der Waals surface area contributed by atoms with E-state index in [-0.39, 0.29) is 10.4 Å². The van der Waals surface area contributed by atoms with E-state index in [1.54, 1.807) is 0 Å². The van der Waals surface area contributed by atoms with Crippen LogP contribution in [0.2, 0.25) is 0 Å². The van der Waals surface area contributed by atoms with E-state index in [2.05, 4.69) is 0 Å². The van der Waals surface area contributed by atoms with Crippen molar-refractivity contribution >= 4 is 18.4 Å². The molecule has 0 unspecified atom stereocenters. The van der Waals surface area contributed by atoms with Crippen LogP contribution in [-0.2, 0) is 0 Å². The molecule has 23 heavy (non-hydrogen) atoms. The summed E-state index contributed by atoms with van der Waals surface area (Å²) in [6, 6.07) is 13.1. The molecular formula is C16H10F6Si. The molecule has 0 fully saturated rings. The van der Waals surface area contributed by atoms with Crippen LogP contribution in [0.1, 0.15) is 0 Å². The van der Waals surface area contributed by atoms with Crippen molar-refractivity contribution in [2.24, 2.45) is 0 Å². The third-order valence-electron chi connectivity index (χ3n) is 3.40. The number of hydrogen-bond donors (Lipinski definition) is 0. The predicted molar refractivity (Wildman–Crippen MR) is 78.6 cm³/mol. The van der Waals surface area contributed by atoms with Crippen molar-refractivity contribution in [1.82, 2.24) is 0 Å². The zero-order valence-electron chi connectivity index (χ0n) is 11.5. The molecule has 0 bridgehead atoms. The van der Waals surface area contributed by atoms with Gasteiger partial charge in [0.1, 0.15) is 0 Å². The van der Waals surface area contributed by atoms with Gasteiger partial charge in [0, 0.05) is 0 Å². The summed E-state index contributed by atoms with van der Waals surface area (Å²) in [5.41, 5.74) is -4.28. The molecular weight excluding hydrogens is 334 g/mol. The molecule has 0 nitrogen and oxygen atoms in total. The van der Waals surface area contributed by atoms with Crippen molar-refractivity contribution in [3.8, 4) is 0 Å². The molecule has 0 aliphatic rings. The third kappa shape index (κ3) is 2.96. The highest BCUT2D eigenvalue weighted by Crippen LogP contribution is 2.32. The second-order valence-corrected chi connectivity index (χ2v) is 8.16. The maximum atomic E-state index is 14.4. The van der Waals surface area contributed by atoms with E-state index in [9.17, 15) is 26.3 Å². The Morgan fingerprint density at radius 1 is 0.522 bits per heavy atom. The monoisotopic (exact) mass is 344 g/mol. The van der Waals surface area contributed by atoms with Crippen LogP contribution in [0.3, 0.4) is 0 Å². The topological polar surface area (TPSA) is 0 Å². The maximum Gasteiger partial charge on any atom is 0.298 e. The second-order valence-electron chi connectivity index (χ2n) is 4.63. The van der Waals surface area contributed by atoms with Gasteiger partial charge < -0.3 is 0 Å². The highest BCUT2D eigenvalue weighted by molar-refractivity contribution is 7.11. The van der Waals surface area contributed by atoms with Gasteiger partial charge in [0.15, 0.2) is 10.9 Å². The molecule has 0 saturated carbocycles. The molecule has 0 radical (unpaired) electrons. The molecule has 0 N–H and O–H groups in total. The van der Waals surface area contributed by atoms with Crippen LogP contribution in [0.15, 0.2) is 83.7 Å². The maximum absolute atomic E-state index is 14.4. The van der Waals surface area contributed by atoms with Gasteiger partial charge >= 0.3 is 0 Å². The van der Waals surface area contributed by atoms with Gasteiger partial charge in [-0.05, 0) is 10.4 Å². The van der Waals surface area contributed by atoms with E-state index in [4.69, 9.17) is 0 Å². The van der Waals surface area contributed by atoms with Gasteiger partial charge in [0.25, 0.3) is 20.2 Å². The van der Waals surface area contributed by atoms with Crippen molar-refractivity contribution in [2.75, 3.05) is 0 Å². The van der Waals surface area contributed by atoms with Crippen LogP contribution in [0.25, 0.3) is 0 Å². The molecule has 0 aromatic heterocycles. The van der Waals surface area contributed by atoms with E-state index in [0.717, 1.165) is 0 Å². The van der Waals surface area contributed by atoms with E-state index in [1.165, 1.54) is 60.7 Å². The molecule has 120 valence electrons. The quantitative estimate of drug-likeness (QED) is 0.567. The van der Waals surface area contributed by atoms with E-state index >= 15 is 0 Å². The lowest BCUT2D eigenvalue weighted by Gasteiger charge is -2.28. The Bertz CT molecular complexity index is 666. The first-order valence-electron chi connectivity index (χ1n) is 6.46. The lowest BCUT2D eigenvalue weighted by molar-refractivity contribution is 0.383. The average molecular weight is 344 g/mol. The van der Waals surface area contributed by atoms with Crippen molar-refractivity contribution in [3.63, 3.8) is 0 Å². The van der Waals surface area contributed by atoms with Crippen LogP contribution >= 0.6 is 0 Å². The molecule has 7 heteroatoms. The smallest absolute Gasteiger partial charge is 0.210 e. The van der Waals surface area contributed by atoms with Gasteiger partial charge in [0.2, 0.25) is 0 Å². The zero-order valence-corrected chi connectivity index (χ0v) is 12.5. The largest absolute Gasteiger partial charge is 0.298 e. The van der Waals surface area contributed by atoms with Crippen LogP contribution in [0, 0.1) is 0 Å². The summed E-state index contributed by atoms with van der Waals surface area (Å²) >= 11 is 0. The summed E-state index contributed by atoms with van der Waals surface area (Å²) < 4.78 is 80.9. The minimum Gasteiger partial charge on any atom is -0.210 e. The number of hydrogen-bond acceptors (Lipinski definition) is 0. The van der Waals surface area contributed by atoms with Crippen LogP contribution in [-0.4, -0.2) is 8.07 Å². The Morgan fingerprint density at radius 3 is 1.09 bits per heavy atom. The van der Waals surface area contributed by atoms with Crippen molar-refractivity contribution in [2.45, 2.75) is 0 Å². The first-order chi connectivity index (χ1) is 10.9. The predicted octanol–water partition coefficient (Wildman–Crippen LogP) is 4.48. The lowest BCUT2D eigenvalue weighted by Crippen LogP contribution is -2.60. The molecule has 2 rings (SSSR count). The van der Waals surface area contributed by atoms with E-state index in [0.29, 0.717) is 0 Å². The summed E-state index contributed by atoms with van der Waals surface area (Å²) in [4.78, 5) is 0. The van der Waals surface area contributed by atoms with Crippen molar-refractivity contribution in [3.05, 3.63) is 83.7 Å². The Morgan fingerprint density at radius 2 is 0.826 bits per heavy atom. The lowest BCUT2D eigenvalue weighted by atomic mass is 10.4. The molecule has 0 atom stereocenters. The fourth-order valence-electron chi connectivity index (χ4n) is 2.43. The Balaban J connectivity index is 2.98. The highest BCUT2D eigenvalue weighted by Gasteiger charge is 2.52. The fraction of sp³-hybridized carbons (Fsp3) is 0. The number of benzene rings is 2. The van der Waals surface area contributed by atoms with Gasteiger partial charge in [-0.1, -0.05) is 60.7 Å². The molecule has 0 aliphatic carbocycles. The first kappa shape index (κ1) is 17.1. The van der Waals surface area contributed by atoms with Crippen LogP contribution in [0.4, 0.5) is 26.3 Å². The number of halogens is 6. The molecule has 2 aromatic rings. The third-order valence-corrected chi connectivity index (χ3v) is 7.50. The number of rotatable bonds is 4. The van der Waals surface area contributed by atoms with Gasteiger partial charge in [-0.3, -0.25) is 0 Å². The van der Waals surface area contributed by atoms with E-state index < -0.39 is 31.1 Å². The van der Waals surface area contributed by atoms with Crippen molar-refractivity contribution in [1.29, 1.82) is 0 Å². The SMILES string of the molecule is FC(F)=C(F)[Si](C(F)=C(F)F)(c1ccccc1)c1ccccc1. The normalized spacial score (nSPS) is 11.0. The summed E-state index contributed by atoms with van der Waals surface area (Å²) in [5.74, 6) is 0. The van der Waals surface area contributed by atoms with Gasteiger partial charge in [0.05, 0.1) is 0 Å². The minimum absolute atomic E-state index is 0.234. The standard InChI is InChI=1S/C16H10F6Si/c17-13(18)15(21)23(16(22)14(19)20,11-7-3-1-4-8-11)12-9-5-2-6-10-12/h1-10H. The Labute approximate surface area is 129 Å². The molecule has 0 aliphatic heterocycles. The average Bonchev–Trinajstić information content (AvgIpc) is 2.57. The minimum atomic E-state index is -4.95. The molecule has 0 heterocycles. The molecule has 2 aromatic carbocycles. The van der Waals surface area contributed by atoms with E-state index in [1.807, 2.05) is 0 Å². The first-order valence-corrected chi connectivity index (χ1v) is 8.46. The molecule has 0 amide bonds. The summed E-state index contributed by atoms with van der Waals surface area (Å²) in [6.45, 7) is 0. The fourth-order valence-corrected chi connectivity index (χ4v) is 5.92. The molecule has 0 saturated heterocycles. The van der Waals surface area contributed by atoms with Crippen molar-refractivity contribution < 1.29 is 26.3 Å². The summed E-state index contributed by atoms with van der Waals surface area (Å²) in [5, 5.41) is -0.469. The second kappa shape index (κ2) is 6.87. The zero-order chi connectivity index (χ0) is 17.0. The Hall–Kier alpha value is -2.28. The molecule has 0 spiro atoms. The summed E-state index contributed by atoms with van der Waals surface area (Å²) in [6.07, 6.45) is -5.61. The van der Waals surface area contributed by atoms with Crippen LogP contribution in [0.5, 0.6) is 0 Å².